The molecule has 1 atom stereocenters. The van der Waals surface area contributed by atoms with E-state index in [0.29, 0.717) is 5.75 Å². The Morgan fingerprint density at radius 3 is 2.33 bits per heavy atom. The van der Waals surface area contributed by atoms with Crippen LogP contribution < -0.4 is 9.47 Å². The minimum atomic E-state index is -0.877. The number of phenolic OH excluding ortho intramolecular Hbond substituents is 1. The highest BCUT2D eigenvalue weighted by molar-refractivity contribution is 6.31. The van der Waals surface area contributed by atoms with Crippen molar-refractivity contribution in [1.82, 2.24) is 0 Å². The lowest BCUT2D eigenvalue weighted by molar-refractivity contribution is 0.193. The Hall–Kier alpha value is -1.13. The molecule has 0 saturated carbocycles. The summed E-state index contributed by atoms with van der Waals surface area (Å²) in [5.74, 6) is 0.291. The Kier molecular flexibility index (Phi) is 3.66. The molecule has 0 heterocycles. The highest BCUT2D eigenvalue weighted by Gasteiger charge is 2.20. The summed E-state index contributed by atoms with van der Waals surface area (Å²) < 4.78 is 9.95. The monoisotopic (exact) mass is 232 g/mol. The fourth-order valence-electron chi connectivity index (χ4n) is 1.36. The molecule has 84 valence electrons. The van der Waals surface area contributed by atoms with Gasteiger partial charge in [0.1, 0.15) is 0 Å². The van der Waals surface area contributed by atoms with Crippen molar-refractivity contribution in [2.24, 2.45) is 0 Å². The zero-order valence-electron chi connectivity index (χ0n) is 8.74. The molecule has 2 N–H and O–H groups in total. The second kappa shape index (κ2) is 4.59. The van der Waals surface area contributed by atoms with Crippen molar-refractivity contribution in [2.75, 3.05) is 14.2 Å². The van der Waals surface area contributed by atoms with Crippen molar-refractivity contribution in [3.8, 4) is 17.2 Å². The van der Waals surface area contributed by atoms with Crippen LogP contribution in [0.2, 0.25) is 5.02 Å². The van der Waals surface area contributed by atoms with Gasteiger partial charge in [0.2, 0.25) is 5.75 Å². The molecule has 4 nitrogen and oxygen atoms in total. The summed E-state index contributed by atoms with van der Waals surface area (Å²) in [6, 6.07) is 1.49. The number of hydrogen-bond acceptors (Lipinski definition) is 4. The molecule has 1 rings (SSSR count). The smallest absolute Gasteiger partial charge is 0.203 e. The summed E-state index contributed by atoms with van der Waals surface area (Å²) in [7, 11) is 2.84. The highest BCUT2D eigenvalue weighted by Crippen LogP contribution is 2.45. The Bertz CT molecular complexity index is 363. The van der Waals surface area contributed by atoms with Gasteiger partial charge in [0.25, 0.3) is 0 Å². The predicted molar refractivity (Wildman–Crippen MR) is 56.9 cm³/mol. The van der Waals surface area contributed by atoms with Gasteiger partial charge in [0.15, 0.2) is 11.5 Å². The van der Waals surface area contributed by atoms with Crippen LogP contribution in [-0.2, 0) is 0 Å². The molecule has 0 aliphatic heterocycles. The molecule has 0 radical (unpaired) electrons. The highest BCUT2D eigenvalue weighted by atomic mass is 35.5. The minimum absolute atomic E-state index is 0.165. The number of phenols is 1. The van der Waals surface area contributed by atoms with Crippen LogP contribution in [-0.4, -0.2) is 24.4 Å². The summed E-state index contributed by atoms with van der Waals surface area (Å²) in [5.41, 5.74) is 0.231. The van der Waals surface area contributed by atoms with Crippen molar-refractivity contribution in [3.05, 3.63) is 16.7 Å². The third-order valence-corrected chi connectivity index (χ3v) is 2.36. The largest absolute Gasteiger partial charge is 0.504 e. The number of aliphatic hydroxyl groups excluding tert-OH is 1. The Balaban J connectivity index is 3.44. The van der Waals surface area contributed by atoms with Gasteiger partial charge in [-0.1, -0.05) is 11.6 Å². The number of ether oxygens (including phenoxy) is 2. The van der Waals surface area contributed by atoms with Crippen LogP contribution in [0.5, 0.6) is 17.2 Å². The van der Waals surface area contributed by atoms with E-state index in [1.165, 1.54) is 27.2 Å². The van der Waals surface area contributed by atoms with Gasteiger partial charge >= 0.3 is 0 Å². The Labute approximate surface area is 93.0 Å². The van der Waals surface area contributed by atoms with Gasteiger partial charge in [-0.25, -0.2) is 0 Å². The van der Waals surface area contributed by atoms with Gasteiger partial charge < -0.3 is 19.7 Å². The maximum absolute atomic E-state index is 9.80. The third-order valence-electron chi connectivity index (χ3n) is 2.05. The Morgan fingerprint density at radius 2 is 1.93 bits per heavy atom. The van der Waals surface area contributed by atoms with E-state index < -0.39 is 6.10 Å². The fourth-order valence-corrected chi connectivity index (χ4v) is 1.70. The van der Waals surface area contributed by atoms with E-state index in [0.717, 1.165) is 0 Å². The van der Waals surface area contributed by atoms with Crippen molar-refractivity contribution >= 4 is 11.6 Å². The molecule has 0 amide bonds. The van der Waals surface area contributed by atoms with E-state index >= 15 is 0 Å². The SMILES string of the molecule is COc1cc(Cl)c(C(C)O)c(O)c1OC. The van der Waals surface area contributed by atoms with Crippen LogP contribution in [0, 0.1) is 0 Å². The summed E-state index contributed by atoms with van der Waals surface area (Å²) in [5, 5.41) is 19.5. The first-order valence-corrected chi connectivity index (χ1v) is 4.72. The lowest BCUT2D eigenvalue weighted by atomic mass is 10.1. The molecule has 5 heteroatoms. The van der Waals surface area contributed by atoms with Gasteiger partial charge in [-0.3, -0.25) is 0 Å². The summed E-state index contributed by atoms with van der Waals surface area (Å²) in [4.78, 5) is 0. The molecule has 1 unspecified atom stereocenters. The second-order valence-electron chi connectivity index (χ2n) is 3.03. The van der Waals surface area contributed by atoms with Crippen molar-refractivity contribution in [1.29, 1.82) is 0 Å². The fraction of sp³-hybridized carbons (Fsp3) is 0.400. The van der Waals surface area contributed by atoms with E-state index in [1.54, 1.807) is 0 Å². The number of aliphatic hydroxyl groups is 1. The molecule has 0 bridgehead atoms. The molecule has 0 saturated heterocycles. The van der Waals surface area contributed by atoms with Crippen LogP contribution in [0.1, 0.15) is 18.6 Å². The van der Waals surface area contributed by atoms with Crippen molar-refractivity contribution in [3.63, 3.8) is 0 Å². The van der Waals surface area contributed by atoms with Gasteiger partial charge in [0.05, 0.1) is 25.3 Å². The van der Waals surface area contributed by atoms with Crippen molar-refractivity contribution in [2.45, 2.75) is 13.0 Å². The topological polar surface area (TPSA) is 58.9 Å². The van der Waals surface area contributed by atoms with Crippen LogP contribution in [0.15, 0.2) is 6.07 Å². The first kappa shape index (κ1) is 11.9. The Morgan fingerprint density at radius 1 is 1.33 bits per heavy atom. The molecule has 1 aromatic rings. The van der Waals surface area contributed by atoms with E-state index in [9.17, 15) is 10.2 Å². The summed E-state index contributed by atoms with van der Waals surface area (Å²) >= 11 is 5.88. The maximum Gasteiger partial charge on any atom is 0.203 e. The normalized spacial score (nSPS) is 12.3. The lowest BCUT2D eigenvalue weighted by Gasteiger charge is -2.15. The third kappa shape index (κ3) is 2.11. The first-order chi connectivity index (χ1) is 7.02. The average Bonchev–Trinajstić information content (AvgIpc) is 2.16. The minimum Gasteiger partial charge on any atom is -0.504 e. The molecular formula is C10H13ClO4. The van der Waals surface area contributed by atoms with Crippen LogP contribution in [0.25, 0.3) is 0 Å². The number of methoxy groups -OCH3 is 2. The maximum atomic E-state index is 9.80. The summed E-state index contributed by atoms with van der Waals surface area (Å²) in [6.07, 6.45) is -0.877. The molecule has 0 aliphatic rings. The van der Waals surface area contributed by atoms with E-state index in [4.69, 9.17) is 21.1 Å². The zero-order chi connectivity index (χ0) is 11.6. The van der Waals surface area contributed by atoms with Gasteiger partial charge in [-0.15, -0.1) is 0 Å². The molecule has 0 fully saturated rings. The lowest BCUT2D eigenvalue weighted by Crippen LogP contribution is -1.98. The van der Waals surface area contributed by atoms with Crippen LogP contribution in [0.4, 0.5) is 0 Å². The molecule has 15 heavy (non-hydrogen) atoms. The number of aromatic hydroxyl groups is 1. The number of halogens is 1. The molecule has 0 spiro atoms. The summed E-state index contributed by atoms with van der Waals surface area (Å²) in [6.45, 7) is 1.51. The van der Waals surface area contributed by atoms with Crippen molar-refractivity contribution < 1.29 is 19.7 Å². The molecule has 0 aromatic heterocycles. The van der Waals surface area contributed by atoms with E-state index in [2.05, 4.69) is 0 Å². The van der Waals surface area contributed by atoms with E-state index in [1.807, 2.05) is 0 Å². The zero-order valence-corrected chi connectivity index (χ0v) is 9.50. The van der Waals surface area contributed by atoms with Gasteiger partial charge in [-0.05, 0) is 6.92 Å². The number of hydrogen-bond donors (Lipinski definition) is 2. The van der Waals surface area contributed by atoms with E-state index in [-0.39, 0.29) is 22.1 Å². The van der Waals surface area contributed by atoms with Crippen LogP contribution in [0.3, 0.4) is 0 Å². The average molecular weight is 233 g/mol. The predicted octanol–water partition coefficient (Wildman–Crippen LogP) is 2.12. The number of rotatable bonds is 3. The first-order valence-electron chi connectivity index (χ1n) is 4.34. The standard InChI is InChI=1S/C10H13ClO4/c1-5(12)8-6(11)4-7(14-2)10(15-3)9(8)13/h4-5,12-13H,1-3H3. The van der Waals surface area contributed by atoms with Gasteiger partial charge in [0, 0.05) is 11.6 Å². The quantitative estimate of drug-likeness (QED) is 0.838. The molecular weight excluding hydrogens is 220 g/mol. The van der Waals surface area contributed by atoms with Gasteiger partial charge in [-0.2, -0.15) is 0 Å². The molecule has 1 aromatic carbocycles. The molecule has 0 aliphatic carbocycles. The van der Waals surface area contributed by atoms with Crippen LogP contribution >= 0.6 is 11.6 Å². The number of benzene rings is 1. The second-order valence-corrected chi connectivity index (χ2v) is 3.44.